The van der Waals surface area contributed by atoms with E-state index in [1.165, 1.54) is 18.2 Å². The van der Waals surface area contributed by atoms with Gasteiger partial charge in [-0.05, 0) is 61.0 Å². The van der Waals surface area contributed by atoms with Crippen molar-refractivity contribution in [2.75, 3.05) is 5.32 Å². The molecule has 0 aliphatic carbocycles. The van der Waals surface area contributed by atoms with Crippen molar-refractivity contribution in [2.24, 2.45) is 0 Å². The highest BCUT2D eigenvalue weighted by Gasteiger charge is 2.14. The number of aryl methyl sites for hydroxylation is 1. The van der Waals surface area contributed by atoms with E-state index in [2.05, 4.69) is 10.3 Å². The van der Waals surface area contributed by atoms with Crippen LogP contribution in [0.2, 0.25) is 5.02 Å². The Balaban J connectivity index is 1.67. The summed E-state index contributed by atoms with van der Waals surface area (Å²) >= 11 is 6.30. The van der Waals surface area contributed by atoms with Crippen LogP contribution in [0.3, 0.4) is 0 Å². The van der Waals surface area contributed by atoms with E-state index in [0.717, 1.165) is 11.1 Å². The molecule has 0 saturated carbocycles. The number of oxazole rings is 1. The zero-order chi connectivity index (χ0) is 19.0. The van der Waals surface area contributed by atoms with Crippen molar-refractivity contribution >= 4 is 34.3 Å². The second kappa shape index (κ2) is 6.85. The van der Waals surface area contributed by atoms with Crippen LogP contribution in [0.1, 0.15) is 15.9 Å². The molecule has 0 atom stereocenters. The predicted octanol–water partition coefficient (Wildman–Crippen LogP) is 5.85. The lowest BCUT2D eigenvalue weighted by Crippen LogP contribution is -2.12. The summed E-state index contributed by atoms with van der Waals surface area (Å²) in [5.74, 6) is -0.528. The molecule has 4 aromatic rings. The summed E-state index contributed by atoms with van der Waals surface area (Å²) < 4.78 is 19.1. The van der Waals surface area contributed by atoms with Crippen molar-refractivity contribution in [3.63, 3.8) is 0 Å². The smallest absolute Gasteiger partial charge is 0.255 e. The Hall–Kier alpha value is -3.18. The standard InChI is InChI=1S/C21H14ClFN2O2/c1-12-5-8-19-18(9-12)25-21(27-19)16-11-15(6-7-17(16)22)24-20(26)13-3-2-4-14(23)10-13/h2-11H,1H3,(H,24,26). The van der Waals surface area contributed by atoms with E-state index in [4.69, 9.17) is 16.0 Å². The van der Waals surface area contributed by atoms with Gasteiger partial charge in [0.15, 0.2) is 5.58 Å². The molecule has 3 aromatic carbocycles. The molecule has 27 heavy (non-hydrogen) atoms. The van der Waals surface area contributed by atoms with E-state index < -0.39 is 11.7 Å². The Kier molecular flexibility index (Phi) is 4.38. The van der Waals surface area contributed by atoms with Gasteiger partial charge in [0.05, 0.1) is 10.6 Å². The van der Waals surface area contributed by atoms with Gasteiger partial charge in [0, 0.05) is 11.3 Å². The summed E-state index contributed by atoms with van der Waals surface area (Å²) in [5.41, 5.74) is 3.74. The van der Waals surface area contributed by atoms with Crippen molar-refractivity contribution in [1.29, 1.82) is 0 Å². The van der Waals surface area contributed by atoms with Crippen LogP contribution < -0.4 is 5.32 Å². The van der Waals surface area contributed by atoms with Gasteiger partial charge in [-0.15, -0.1) is 0 Å². The van der Waals surface area contributed by atoms with Gasteiger partial charge in [0.2, 0.25) is 5.89 Å². The molecule has 1 heterocycles. The van der Waals surface area contributed by atoms with Gasteiger partial charge in [-0.2, -0.15) is 0 Å². The molecule has 0 saturated heterocycles. The molecule has 0 radical (unpaired) electrons. The molecule has 0 bridgehead atoms. The van der Waals surface area contributed by atoms with Gasteiger partial charge in [0.1, 0.15) is 11.3 Å². The van der Waals surface area contributed by atoms with Gasteiger partial charge in [-0.1, -0.05) is 23.7 Å². The summed E-state index contributed by atoms with van der Waals surface area (Å²) in [6.45, 7) is 1.98. The second-order valence-electron chi connectivity index (χ2n) is 6.15. The zero-order valence-corrected chi connectivity index (χ0v) is 15.0. The summed E-state index contributed by atoms with van der Waals surface area (Å²) in [7, 11) is 0. The first-order chi connectivity index (χ1) is 13.0. The fraction of sp³-hybridized carbons (Fsp3) is 0.0476. The van der Waals surface area contributed by atoms with Crippen LogP contribution in [0.15, 0.2) is 65.1 Å². The van der Waals surface area contributed by atoms with Gasteiger partial charge >= 0.3 is 0 Å². The first kappa shape index (κ1) is 17.2. The fourth-order valence-corrected chi connectivity index (χ4v) is 2.95. The lowest BCUT2D eigenvalue weighted by atomic mass is 10.1. The van der Waals surface area contributed by atoms with E-state index >= 15 is 0 Å². The average Bonchev–Trinajstić information content (AvgIpc) is 3.06. The van der Waals surface area contributed by atoms with E-state index in [9.17, 15) is 9.18 Å². The number of halogens is 2. The van der Waals surface area contributed by atoms with E-state index in [-0.39, 0.29) is 5.56 Å². The average molecular weight is 381 g/mol. The minimum atomic E-state index is -0.471. The van der Waals surface area contributed by atoms with Crippen LogP contribution in [-0.4, -0.2) is 10.9 Å². The monoisotopic (exact) mass is 380 g/mol. The molecule has 1 N–H and O–H groups in total. The van der Waals surface area contributed by atoms with Crippen LogP contribution in [-0.2, 0) is 0 Å². The molecule has 0 spiro atoms. The Morgan fingerprint density at radius 2 is 1.96 bits per heavy atom. The van der Waals surface area contributed by atoms with Gasteiger partial charge in [-0.3, -0.25) is 4.79 Å². The number of rotatable bonds is 3. The summed E-state index contributed by atoms with van der Waals surface area (Å²) in [4.78, 5) is 16.8. The topological polar surface area (TPSA) is 55.1 Å². The number of hydrogen-bond acceptors (Lipinski definition) is 3. The first-order valence-electron chi connectivity index (χ1n) is 8.23. The largest absolute Gasteiger partial charge is 0.436 e. The lowest BCUT2D eigenvalue weighted by Gasteiger charge is -2.08. The number of carbonyl (C=O) groups is 1. The Bertz CT molecular complexity index is 1170. The van der Waals surface area contributed by atoms with Crippen molar-refractivity contribution in [2.45, 2.75) is 6.92 Å². The molecule has 4 nitrogen and oxygen atoms in total. The molecule has 1 aromatic heterocycles. The Labute approximate surface area is 159 Å². The second-order valence-corrected chi connectivity index (χ2v) is 6.56. The van der Waals surface area contributed by atoms with E-state index in [1.807, 2.05) is 25.1 Å². The van der Waals surface area contributed by atoms with Gasteiger partial charge < -0.3 is 9.73 Å². The molecular formula is C21H14ClFN2O2. The quantitative estimate of drug-likeness (QED) is 0.485. The number of nitrogens with zero attached hydrogens (tertiary/aromatic N) is 1. The normalized spacial score (nSPS) is 10.9. The minimum Gasteiger partial charge on any atom is -0.436 e. The molecule has 134 valence electrons. The number of aromatic nitrogens is 1. The number of hydrogen-bond donors (Lipinski definition) is 1. The highest BCUT2D eigenvalue weighted by molar-refractivity contribution is 6.33. The molecule has 6 heteroatoms. The SMILES string of the molecule is Cc1ccc2oc(-c3cc(NC(=O)c4cccc(F)c4)ccc3Cl)nc2c1. The van der Waals surface area contributed by atoms with Crippen molar-refractivity contribution < 1.29 is 13.6 Å². The van der Waals surface area contributed by atoms with Crippen LogP contribution >= 0.6 is 11.6 Å². The molecule has 4 rings (SSSR count). The fourth-order valence-electron chi connectivity index (χ4n) is 2.75. The van der Waals surface area contributed by atoms with Crippen molar-refractivity contribution in [1.82, 2.24) is 4.98 Å². The first-order valence-corrected chi connectivity index (χ1v) is 8.61. The van der Waals surface area contributed by atoms with Crippen LogP contribution in [0.25, 0.3) is 22.6 Å². The maximum Gasteiger partial charge on any atom is 0.255 e. The molecule has 0 aliphatic heterocycles. The van der Waals surface area contributed by atoms with Crippen molar-refractivity contribution in [3.8, 4) is 11.5 Å². The third kappa shape index (κ3) is 3.55. The van der Waals surface area contributed by atoms with Gasteiger partial charge in [-0.25, -0.2) is 9.37 Å². The van der Waals surface area contributed by atoms with Crippen LogP contribution in [0.4, 0.5) is 10.1 Å². The highest BCUT2D eigenvalue weighted by Crippen LogP contribution is 2.32. The third-order valence-corrected chi connectivity index (χ3v) is 4.41. The summed E-state index contributed by atoms with van der Waals surface area (Å²) in [5, 5.41) is 3.18. The third-order valence-electron chi connectivity index (χ3n) is 4.08. The summed E-state index contributed by atoms with van der Waals surface area (Å²) in [6, 6.07) is 16.2. The zero-order valence-electron chi connectivity index (χ0n) is 14.3. The van der Waals surface area contributed by atoms with E-state index in [1.54, 1.807) is 24.3 Å². The molecule has 1 amide bonds. The number of nitrogens with one attached hydrogen (secondary N) is 1. The van der Waals surface area contributed by atoms with Crippen LogP contribution in [0, 0.1) is 12.7 Å². The van der Waals surface area contributed by atoms with Gasteiger partial charge in [0.25, 0.3) is 5.91 Å². The van der Waals surface area contributed by atoms with Crippen LogP contribution in [0.5, 0.6) is 0 Å². The predicted molar refractivity (Wildman–Crippen MR) is 104 cm³/mol. The lowest BCUT2D eigenvalue weighted by molar-refractivity contribution is 0.102. The summed E-state index contributed by atoms with van der Waals surface area (Å²) in [6.07, 6.45) is 0. The number of amides is 1. The molecule has 0 fully saturated rings. The van der Waals surface area contributed by atoms with E-state index in [0.29, 0.717) is 27.7 Å². The molecule has 0 unspecified atom stereocenters. The molecule has 0 aliphatic rings. The number of anilines is 1. The maximum atomic E-state index is 13.3. The molecular weight excluding hydrogens is 367 g/mol. The number of benzene rings is 3. The Morgan fingerprint density at radius 1 is 1.11 bits per heavy atom. The number of fused-ring (bicyclic) bond motifs is 1. The maximum absolute atomic E-state index is 13.3. The minimum absolute atomic E-state index is 0.226. The number of carbonyl (C=O) groups excluding carboxylic acids is 1. The highest BCUT2D eigenvalue weighted by atomic mass is 35.5. The van der Waals surface area contributed by atoms with Crippen molar-refractivity contribution in [3.05, 3.63) is 82.6 Å². The Morgan fingerprint density at radius 3 is 2.78 bits per heavy atom.